The predicted molar refractivity (Wildman–Crippen MR) is 81.9 cm³/mol. The number of anilines is 1. The number of carbonyl (C=O) groups is 1. The lowest BCUT2D eigenvalue weighted by Gasteiger charge is -2.20. The van der Waals surface area contributed by atoms with Gasteiger partial charge in [-0.3, -0.25) is 0 Å². The predicted octanol–water partition coefficient (Wildman–Crippen LogP) is 3.34. The van der Waals surface area contributed by atoms with Crippen LogP contribution in [0, 0.1) is 13.8 Å². The first-order valence-corrected chi connectivity index (χ1v) is 7.29. The smallest absolute Gasteiger partial charge is 0.387 e. The van der Waals surface area contributed by atoms with Crippen molar-refractivity contribution in [2.45, 2.75) is 33.9 Å². The average Bonchev–Trinajstić information content (AvgIpc) is 2.92. The highest BCUT2D eigenvalue weighted by Crippen LogP contribution is 2.23. The van der Waals surface area contributed by atoms with E-state index in [9.17, 15) is 13.6 Å². The van der Waals surface area contributed by atoms with Gasteiger partial charge in [-0.25, -0.2) is 4.79 Å². The van der Waals surface area contributed by atoms with Gasteiger partial charge in [0.25, 0.3) is 0 Å². The summed E-state index contributed by atoms with van der Waals surface area (Å²) in [6, 6.07) is 3.94. The molecule has 1 aromatic carbocycles. The van der Waals surface area contributed by atoms with E-state index in [2.05, 4.69) is 20.2 Å². The molecule has 2 aromatic rings. The van der Waals surface area contributed by atoms with Gasteiger partial charge in [0.15, 0.2) is 5.82 Å². The SMILES string of the molecule is CCN(Cc1nc(C)no1)C(=O)Nc1ccc(OC(F)F)cc1C. The molecule has 7 nitrogen and oxygen atoms in total. The number of benzene rings is 1. The highest BCUT2D eigenvalue weighted by atomic mass is 19.3. The second-order valence-electron chi connectivity index (χ2n) is 5.03. The summed E-state index contributed by atoms with van der Waals surface area (Å²) in [5.74, 6) is 0.864. The molecule has 0 aliphatic heterocycles. The van der Waals surface area contributed by atoms with Crippen molar-refractivity contribution in [2.24, 2.45) is 0 Å². The van der Waals surface area contributed by atoms with Crippen LogP contribution in [0.15, 0.2) is 22.7 Å². The standard InChI is InChI=1S/C15H18F2N4O3/c1-4-21(8-13-18-10(3)20-24-13)15(22)19-12-6-5-11(7-9(12)2)23-14(16)17/h5-7,14H,4,8H2,1-3H3,(H,19,22). The Morgan fingerprint density at radius 1 is 1.42 bits per heavy atom. The van der Waals surface area contributed by atoms with E-state index < -0.39 is 6.61 Å². The zero-order valence-corrected chi connectivity index (χ0v) is 13.5. The van der Waals surface area contributed by atoms with Crippen LogP contribution >= 0.6 is 0 Å². The molecular weight excluding hydrogens is 322 g/mol. The van der Waals surface area contributed by atoms with Gasteiger partial charge in [0.2, 0.25) is 5.89 Å². The van der Waals surface area contributed by atoms with Gasteiger partial charge in [0.05, 0.1) is 0 Å². The largest absolute Gasteiger partial charge is 0.435 e. The van der Waals surface area contributed by atoms with Crippen molar-refractivity contribution >= 4 is 11.7 Å². The normalized spacial score (nSPS) is 10.8. The Labute approximate surface area is 137 Å². The summed E-state index contributed by atoms with van der Waals surface area (Å²) in [5, 5.41) is 6.40. The van der Waals surface area contributed by atoms with Crippen molar-refractivity contribution in [3.63, 3.8) is 0 Å². The Kier molecular flexibility index (Phi) is 5.67. The number of carbonyl (C=O) groups excluding carboxylic acids is 1. The first kappa shape index (κ1) is 17.6. The Morgan fingerprint density at radius 3 is 2.71 bits per heavy atom. The number of alkyl halides is 2. The van der Waals surface area contributed by atoms with Crippen LogP contribution in [0.25, 0.3) is 0 Å². The fourth-order valence-electron chi connectivity index (χ4n) is 2.04. The Balaban J connectivity index is 2.04. The van der Waals surface area contributed by atoms with Crippen LogP contribution in [0.1, 0.15) is 24.2 Å². The number of aromatic nitrogens is 2. The number of hydrogen-bond donors (Lipinski definition) is 1. The fraction of sp³-hybridized carbons (Fsp3) is 0.400. The number of halogens is 2. The molecule has 0 saturated heterocycles. The zero-order valence-electron chi connectivity index (χ0n) is 13.5. The van der Waals surface area contributed by atoms with Crippen molar-refractivity contribution in [3.05, 3.63) is 35.5 Å². The Bertz CT molecular complexity index is 706. The molecule has 0 unspecified atom stereocenters. The Morgan fingerprint density at radius 2 is 2.17 bits per heavy atom. The minimum atomic E-state index is -2.89. The zero-order chi connectivity index (χ0) is 17.7. The third-order valence-electron chi connectivity index (χ3n) is 3.23. The van der Waals surface area contributed by atoms with E-state index in [1.54, 1.807) is 13.8 Å². The molecule has 130 valence electrons. The lowest BCUT2D eigenvalue weighted by atomic mass is 10.2. The molecule has 0 fully saturated rings. The summed E-state index contributed by atoms with van der Waals surface area (Å²) in [4.78, 5) is 17.9. The van der Waals surface area contributed by atoms with Gasteiger partial charge in [0, 0.05) is 12.2 Å². The maximum Gasteiger partial charge on any atom is 0.387 e. The van der Waals surface area contributed by atoms with Crippen LogP contribution in [0.2, 0.25) is 0 Å². The number of rotatable bonds is 6. The number of amides is 2. The molecule has 1 heterocycles. The quantitative estimate of drug-likeness (QED) is 0.872. The number of urea groups is 1. The molecule has 2 rings (SSSR count). The van der Waals surface area contributed by atoms with Crippen molar-refractivity contribution in [1.82, 2.24) is 15.0 Å². The summed E-state index contributed by atoms with van der Waals surface area (Å²) in [6.45, 7) is 2.91. The average molecular weight is 340 g/mol. The number of aryl methyl sites for hydroxylation is 2. The molecular formula is C15H18F2N4O3. The third-order valence-corrected chi connectivity index (χ3v) is 3.23. The highest BCUT2D eigenvalue weighted by molar-refractivity contribution is 5.90. The number of nitrogens with zero attached hydrogens (tertiary/aromatic N) is 3. The molecule has 0 radical (unpaired) electrons. The first-order valence-electron chi connectivity index (χ1n) is 7.29. The van der Waals surface area contributed by atoms with Gasteiger partial charge < -0.3 is 19.5 Å². The molecule has 9 heteroatoms. The van der Waals surface area contributed by atoms with Gasteiger partial charge in [0.1, 0.15) is 12.3 Å². The van der Waals surface area contributed by atoms with Crippen LogP contribution in [0.3, 0.4) is 0 Å². The monoisotopic (exact) mass is 340 g/mol. The van der Waals surface area contributed by atoms with Crippen LogP contribution in [0.4, 0.5) is 19.3 Å². The van der Waals surface area contributed by atoms with Gasteiger partial charge in [-0.05, 0) is 44.5 Å². The van der Waals surface area contributed by atoms with E-state index >= 15 is 0 Å². The maximum atomic E-state index is 12.3. The van der Waals surface area contributed by atoms with Crippen LogP contribution < -0.4 is 10.1 Å². The van der Waals surface area contributed by atoms with Crippen LogP contribution in [0.5, 0.6) is 5.75 Å². The van der Waals surface area contributed by atoms with Crippen LogP contribution in [-0.2, 0) is 6.54 Å². The summed E-state index contributed by atoms with van der Waals surface area (Å²) < 4.78 is 33.7. The lowest BCUT2D eigenvalue weighted by Crippen LogP contribution is -2.34. The first-order chi connectivity index (χ1) is 11.4. The topological polar surface area (TPSA) is 80.5 Å². The summed E-state index contributed by atoms with van der Waals surface area (Å²) in [6.07, 6.45) is 0. The minimum absolute atomic E-state index is 0.0363. The van der Waals surface area contributed by atoms with E-state index in [0.29, 0.717) is 29.5 Å². The van der Waals surface area contributed by atoms with E-state index in [1.165, 1.54) is 23.1 Å². The van der Waals surface area contributed by atoms with Crippen molar-refractivity contribution in [2.75, 3.05) is 11.9 Å². The lowest BCUT2D eigenvalue weighted by molar-refractivity contribution is -0.0498. The molecule has 1 N–H and O–H groups in total. The van der Waals surface area contributed by atoms with Crippen molar-refractivity contribution < 1.29 is 22.8 Å². The molecule has 2 amide bonds. The van der Waals surface area contributed by atoms with Crippen molar-refractivity contribution in [1.29, 1.82) is 0 Å². The maximum absolute atomic E-state index is 12.3. The summed E-state index contributed by atoms with van der Waals surface area (Å²) in [5.41, 5.74) is 1.10. The minimum Gasteiger partial charge on any atom is -0.435 e. The van der Waals surface area contributed by atoms with Gasteiger partial charge in [-0.1, -0.05) is 5.16 Å². The van der Waals surface area contributed by atoms with E-state index in [-0.39, 0.29) is 18.3 Å². The molecule has 0 bridgehead atoms. The molecule has 0 saturated carbocycles. The van der Waals surface area contributed by atoms with E-state index in [4.69, 9.17) is 4.52 Å². The second kappa shape index (κ2) is 7.71. The number of hydrogen-bond acceptors (Lipinski definition) is 5. The molecule has 0 spiro atoms. The third kappa shape index (κ3) is 4.64. The van der Waals surface area contributed by atoms with Crippen molar-refractivity contribution in [3.8, 4) is 5.75 Å². The van der Waals surface area contributed by atoms with Gasteiger partial charge in [-0.15, -0.1) is 0 Å². The van der Waals surface area contributed by atoms with E-state index in [1.807, 2.05) is 6.92 Å². The highest BCUT2D eigenvalue weighted by Gasteiger charge is 2.17. The van der Waals surface area contributed by atoms with Gasteiger partial charge >= 0.3 is 12.6 Å². The molecule has 0 atom stereocenters. The summed E-state index contributed by atoms with van der Waals surface area (Å²) >= 11 is 0. The fourth-order valence-corrected chi connectivity index (χ4v) is 2.04. The number of ether oxygens (including phenoxy) is 1. The molecule has 0 aliphatic rings. The molecule has 1 aromatic heterocycles. The molecule has 24 heavy (non-hydrogen) atoms. The Hall–Kier alpha value is -2.71. The molecule has 0 aliphatic carbocycles. The number of nitrogens with one attached hydrogen (secondary N) is 1. The second-order valence-corrected chi connectivity index (χ2v) is 5.03. The van der Waals surface area contributed by atoms with Crippen LogP contribution in [-0.4, -0.2) is 34.2 Å². The van der Waals surface area contributed by atoms with Gasteiger partial charge in [-0.2, -0.15) is 13.8 Å². The van der Waals surface area contributed by atoms with E-state index in [0.717, 1.165) is 0 Å². The summed E-state index contributed by atoms with van der Waals surface area (Å²) in [7, 11) is 0.